The Balaban J connectivity index is 1.30. The van der Waals surface area contributed by atoms with Crippen LogP contribution in [0, 0.1) is 0 Å². The molecular formula is C22H22BrN3O2. The number of hydrogen-bond donors (Lipinski definition) is 1. The van der Waals surface area contributed by atoms with E-state index in [0.29, 0.717) is 25.6 Å². The molecule has 0 radical (unpaired) electrons. The molecule has 0 bridgehead atoms. The van der Waals surface area contributed by atoms with Crippen LogP contribution in [0.5, 0.6) is 0 Å². The maximum Gasteiger partial charge on any atom is 0.410 e. The number of imidazole rings is 1. The number of carbonyl (C=O) groups is 1. The molecule has 144 valence electrons. The second kappa shape index (κ2) is 8.61. The molecule has 0 saturated carbocycles. The second-order valence-corrected chi connectivity index (χ2v) is 7.91. The van der Waals surface area contributed by atoms with Gasteiger partial charge in [0, 0.05) is 23.5 Å². The van der Waals surface area contributed by atoms with Gasteiger partial charge in [-0.1, -0.05) is 58.4 Å². The summed E-state index contributed by atoms with van der Waals surface area (Å²) in [6.07, 6.45) is 3.41. The zero-order valence-electron chi connectivity index (χ0n) is 15.5. The molecule has 4 rings (SSSR count). The average molecular weight is 440 g/mol. The summed E-state index contributed by atoms with van der Waals surface area (Å²) in [7, 11) is 0. The minimum atomic E-state index is -0.239. The lowest BCUT2D eigenvalue weighted by Gasteiger charge is -2.30. The van der Waals surface area contributed by atoms with Gasteiger partial charge in [-0.05, 0) is 36.1 Å². The van der Waals surface area contributed by atoms with E-state index in [1.54, 1.807) is 4.90 Å². The maximum atomic E-state index is 12.3. The Morgan fingerprint density at radius 1 is 1.11 bits per heavy atom. The second-order valence-electron chi connectivity index (χ2n) is 6.99. The Morgan fingerprint density at radius 3 is 2.54 bits per heavy atom. The summed E-state index contributed by atoms with van der Waals surface area (Å²) in [5.41, 5.74) is 3.14. The number of hydrogen-bond acceptors (Lipinski definition) is 3. The Hall–Kier alpha value is -2.60. The van der Waals surface area contributed by atoms with Crippen molar-refractivity contribution in [3.8, 4) is 11.3 Å². The molecule has 28 heavy (non-hydrogen) atoms. The summed E-state index contributed by atoms with van der Waals surface area (Å²) >= 11 is 3.46. The summed E-state index contributed by atoms with van der Waals surface area (Å²) in [5.74, 6) is 1.33. The molecule has 1 aliphatic heterocycles. The zero-order valence-corrected chi connectivity index (χ0v) is 17.1. The van der Waals surface area contributed by atoms with Gasteiger partial charge in [0.05, 0.1) is 11.9 Å². The molecule has 3 aromatic rings. The number of rotatable bonds is 4. The monoisotopic (exact) mass is 439 g/mol. The van der Waals surface area contributed by atoms with Gasteiger partial charge in [-0.2, -0.15) is 0 Å². The first-order chi connectivity index (χ1) is 13.7. The molecule has 0 atom stereocenters. The smallest absolute Gasteiger partial charge is 0.410 e. The van der Waals surface area contributed by atoms with Crippen molar-refractivity contribution in [1.29, 1.82) is 0 Å². The van der Waals surface area contributed by atoms with Gasteiger partial charge in [0.2, 0.25) is 0 Å². The zero-order chi connectivity index (χ0) is 19.3. The fourth-order valence-corrected chi connectivity index (χ4v) is 3.73. The lowest BCUT2D eigenvalue weighted by atomic mass is 9.96. The standard InChI is InChI=1S/C22H22BrN3O2/c23-19-8-6-17(7-9-19)20-14-24-21(25-20)18-10-12-26(13-11-18)22(27)28-15-16-4-2-1-3-5-16/h1-9,14,18H,10-13,15H2,(H,24,25). The minimum Gasteiger partial charge on any atom is -0.445 e. The van der Waals surface area contributed by atoms with Crippen LogP contribution in [0.2, 0.25) is 0 Å². The van der Waals surface area contributed by atoms with E-state index < -0.39 is 0 Å². The highest BCUT2D eigenvalue weighted by molar-refractivity contribution is 9.10. The normalized spacial score (nSPS) is 14.8. The first-order valence-electron chi connectivity index (χ1n) is 9.45. The summed E-state index contributed by atoms with van der Waals surface area (Å²) in [6, 6.07) is 17.9. The molecule has 2 heterocycles. The quantitative estimate of drug-likeness (QED) is 0.595. The maximum absolute atomic E-state index is 12.3. The van der Waals surface area contributed by atoms with Gasteiger partial charge in [-0.3, -0.25) is 0 Å². The molecule has 6 heteroatoms. The van der Waals surface area contributed by atoms with Crippen molar-refractivity contribution in [2.24, 2.45) is 0 Å². The number of nitrogens with one attached hydrogen (secondary N) is 1. The number of halogens is 1. The number of ether oxygens (including phenoxy) is 1. The summed E-state index contributed by atoms with van der Waals surface area (Å²) in [4.78, 5) is 22.1. The third-order valence-corrected chi connectivity index (χ3v) is 5.62. The molecule has 1 fully saturated rings. The van der Waals surface area contributed by atoms with Gasteiger partial charge >= 0.3 is 6.09 Å². The molecule has 1 aromatic heterocycles. The Labute approximate surface area is 172 Å². The van der Waals surface area contributed by atoms with Crippen LogP contribution in [0.4, 0.5) is 4.79 Å². The van der Waals surface area contributed by atoms with Crippen LogP contribution in [0.1, 0.15) is 30.1 Å². The molecule has 2 aromatic carbocycles. The first kappa shape index (κ1) is 18.7. The predicted octanol–water partition coefficient (Wildman–Crippen LogP) is 5.36. The van der Waals surface area contributed by atoms with Gasteiger partial charge < -0.3 is 14.6 Å². The van der Waals surface area contributed by atoms with Crippen molar-refractivity contribution in [2.75, 3.05) is 13.1 Å². The van der Waals surface area contributed by atoms with E-state index in [2.05, 4.69) is 38.0 Å². The first-order valence-corrected chi connectivity index (χ1v) is 10.2. The highest BCUT2D eigenvalue weighted by Gasteiger charge is 2.26. The van der Waals surface area contributed by atoms with Crippen LogP contribution < -0.4 is 0 Å². The highest BCUT2D eigenvalue weighted by atomic mass is 79.9. The van der Waals surface area contributed by atoms with E-state index in [1.807, 2.05) is 48.7 Å². The number of piperidine rings is 1. The Kier molecular flexibility index (Phi) is 5.76. The summed E-state index contributed by atoms with van der Waals surface area (Å²) in [6.45, 7) is 1.69. The van der Waals surface area contributed by atoms with Gasteiger partial charge in [-0.15, -0.1) is 0 Å². The van der Waals surface area contributed by atoms with Gasteiger partial charge in [0.15, 0.2) is 0 Å². The minimum absolute atomic E-state index is 0.239. The lowest BCUT2D eigenvalue weighted by molar-refractivity contribution is 0.0866. The van der Waals surface area contributed by atoms with Crippen molar-refractivity contribution in [2.45, 2.75) is 25.4 Å². The SMILES string of the molecule is O=C(OCc1ccccc1)N1CCC(c2ncc(-c3ccc(Br)cc3)[nH]2)CC1. The topological polar surface area (TPSA) is 58.2 Å². The van der Waals surface area contributed by atoms with Crippen LogP contribution in [0.15, 0.2) is 65.3 Å². The number of H-pyrrole nitrogens is 1. The predicted molar refractivity (Wildman–Crippen MR) is 112 cm³/mol. The van der Waals surface area contributed by atoms with Crippen molar-refractivity contribution in [3.63, 3.8) is 0 Å². The van der Waals surface area contributed by atoms with E-state index >= 15 is 0 Å². The van der Waals surface area contributed by atoms with Crippen LogP contribution in [0.25, 0.3) is 11.3 Å². The molecular weight excluding hydrogens is 418 g/mol. The largest absolute Gasteiger partial charge is 0.445 e. The van der Waals surface area contributed by atoms with Crippen molar-refractivity contribution in [3.05, 3.63) is 76.7 Å². The lowest BCUT2D eigenvalue weighted by Crippen LogP contribution is -2.38. The highest BCUT2D eigenvalue weighted by Crippen LogP contribution is 2.28. The van der Waals surface area contributed by atoms with E-state index in [1.165, 1.54) is 0 Å². The fourth-order valence-electron chi connectivity index (χ4n) is 3.47. The number of aromatic amines is 1. The molecule has 1 aliphatic rings. The number of carbonyl (C=O) groups excluding carboxylic acids is 1. The summed E-state index contributed by atoms with van der Waals surface area (Å²) < 4.78 is 6.50. The fraction of sp³-hybridized carbons (Fsp3) is 0.273. The van der Waals surface area contributed by atoms with Crippen LogP contribution in [-0.4, -0.2) is 34.1 Å². The molecule has 1 N–H and O–H groups in total. The molecule has 1 saturated heterocycles. The van der Waals surface area contributed by atoms with Gasteiger partial charge in [0.25, 0.3) is 0 Å². The molecule has 0 unspecified atom stereocenters. The average Bonchev–Trinajstić information content (AvgIpc) is 3.24. The molecule has 1 amide bonds. The van der Waals surface area contributed by atoms with Crippen molar-refractivity contribution in [1.82, 2.24) is 14.9 Å². The van der Waals surface area contributed by atoms with Crippen molar-refractivity contribution >= 4 is 22.0 Å². The Morgan fingerprint density at radius 2 is 1.82 bits per heavy atom. The van der Waals surface area contributed by atoms with E-state index in [4.69, 9.17) is 4.74 Å². The van der Waals surface area contributed by atoms with Crippen LogP contribution in [-0.2, 0) is 11.3 Å². The number of likely N-dealkylation sites (tertiary alicyclic amines) is 1. The van der Waals surface area contributed by atoms with E-state index in [9.17, 15) is 4.79 Å². The third kappa shape index (κ3) is 4.44. The van der Waals surface area contributed by atoms with Crippen LogP contribution in [0.3, 0.4) is 0 Å². The van der Waals surface area contributed by atoms with E-state index in [-0.39, 0.29) is 6.09 Å². The van der Waals surface area contributed by atoms with Crippen LogP contribution >= 0.6 is 15.9 Å². The summed E-state index contributed by atoms with van der Waals surface area (Å²) in [5, 5.41) is 0. The molecule has 0 spiro atoms. The third-order valence-electron chi connectivity index (χ3n) is 5.10. The Bertz CT molecular complexity index is 916. The molecule has 0 aliphatic carbocycles. The van der Waals surface area contributed by atoms with Gasteiger partial charge in [0.1, 0.15) is 12.4 Å². The van der Waals surface area contributed by atoms with Crippen molar-refractivity contribution < 1.29 is 9.53 Å². The number of benzene rings is 2. The van der Waals surface area contributed by atoms with Gasteiger partial charge in [-0.25, -0.2) is 9.78 Å². The number of nitrogens with zero attached hydrogens (tertiary/aromatic N) is 2. The molecule has 5 nitrogen and oxygen atoms in total. The number of amides is 1. The number of aromatic nitrogens is 2. The van der Waals surface area contributed by atoms with E-state index in [0.717, 1.165) is 40.0 Å².